The van der Waals surface area contributed by atoms with Gasteiger partial charge in [0.05, 0.1) is 11.1 Å². The van der Waals surface area contributed by atoms with E-state index in [-0.39, 0.29) is 30.9 Å². The Balaban J connectivity index is 2.09. The van der Waals surface area contributed by atoms with Gasteiger partial charge < -0.3 is 5.11 Å². The van der Waals surface area contributed by atoms with Crippen LogP contribution in [0.15, 0.2) is 54.6 Å². The van der Waals surface area contributed by atoms with E-state index in [4.69, 9.17) is 0 Å². The van der Waals surface area contributed by atoms with Gasteiger partial charge in [-0.1, -0.05) is 36.6 Å². The Kier molecular flexibility index (Phi) is 8.38. The molecule has 198 valence electrons. The number of likely N-dealkylation sites (tertiary alicyclic amines) is 1. The number of rotatable bonds is 5. The monoisotopic (exact) mass is 527 g/mol. The summed E-state index contributed by atoms with van der Waals surface area (Å²) >= 11 is 0. The second-order valence-electron chi connectivity index (χ2n) is 9.05. The first-order chi connectivity index (χ1) is 17.2. The molecule has 0 unspecified atom stereocenters. The molecule has 0 amide bonds. The minimum atomic E-state index is -4.75. The normalized spacial score (nSPS) is 19.6. The van der Waals surface area contributed by atoms with Gasteiger partial charge in [-0.2, -0.15) is 26.3 Å². The number of aliphatic carboxylic acids is 1. The first-order valence-corrected chi connectivity index (χ1v) is 11.3. The number of allylic oxidation sites excluding steroid dienone is 1. The van der Waals surface area contributed by atoms with Crippen molar-refractivity contribution >= 4 is 5.97 Å². The number of halogens is 7. The quantitative estimate of drug-likeness (QED) is 0.325. The molecule has 0 aliphatic carbocycles. The topological polar surface area (TPSA) is 40.5 Å². The van der Waals surface area contributed by atoms with Crippen LogP contribution < -0.4 is 0 Å². The van der Waals surface area contributed by atoms with Crippen molar-refractivity contribution < 1.29 is 40.6 Å². The van der Waals surface area contributed by atoms with Crippen molar-refractivity contribution in [3.63, 3.8) is 0 Å². The molecule has 3 rings (SSSR count). The molecule has 1 heterocycles. The zero-order valence-corrected chi connectivity index (χ0v) is 19.8. The van der Waals surface area contributed by atoms with Crippen LogP contribution in [0.25, 0.3) is 0 Å². The number of nitrogens with zero attached hydrogens (tertiary/aromatic N) is 1. The summed E-state index contributed by atoms with van der Waals surface area (Å²) in [6, 6.07) is 4.77. The molecule has 0 saturated carbocycles. The summed E-state index contributed by atoms with van der Waals surface area (Å²) in [4.78, 5) is 13.0. The fourth-order valence-electron chi connectivity index (χ4n) is 4.48. The maximum atomic E-state index is 15.1. The molecular formula is C27H24F7NO2. The summed E-state index contributed by atoms with van der Waals surface area (Å²) < 4.78 is 93.7. The molecule has 1 N–H and O–H groups in total. The van der Waals surface area contributed by atoms with Gasteiger partial charge in [0.2, 0.25) is 0 Å². The predicted molar refractivity (Wildman–Crippen MR) is 123 cm³/mol. The molecule has 0 spiro atoms. The van der Waals surface area contributed by atoms with E-state index in [1.807, 2.05) is 0 Å². The van der Waals surface area contributed by atoms with E-state index in [1.165, 1.54) is 12.1 Å². The van der Waals surface area contributed by atoms with Crippen molar-refractivity contribution in [1.82, 2.24) is 4.90 Å². The standard InChI is InChI=1S/C27H24F7NO2/c1-16(2)3-10-23(21-9-8-20(15-22(21)28)27(32,33)34)35-12-11-17(14-25(36)37)13-24(35)18-4-6-19(7-5-18)26(29,30)31/h4-9,15,17,23-24H,1,11-14H2,2H3,(H,36,37)/t17-,23-,24+/m0/s1. The van der Waals surface area contributed by atoms with Gasteiger partial charge in [-0.25, -0.2) is 4.39 Å². The summed E-state index contributed by atoms with van der Waals surface area (Å²) in [5.41, 5.74) is -1.31. The highest BCUT2D eigenvalue weighted by Gasteiger charge is 2.38. The van der Waals surface area contributed by atoms with Crippen LogP contribution in [-0.4, -0.2) is 22.5 Å². The fraction of sp³-hybridized carbons (Fsp3) is 0.370. The highest BCUT2D eigenvalue weighted by Crippen LogP contribution is 2.42. The lowest BCUT2D eigenvalue weighted by Crippen LogP contribution is -2.40. The third-order valence-electron chi connectivity index (χ3n) is 6.21. The maximum absolute atomic E-state index is 15.1. The molecular weight excluding hydrogens is 503 g/mol. The second kappa shape index (κ2) is 11.0. The molecule has 10 heteroatoms. The van der Waals surface area contributed by atoms with Crippen molar-refractivity contribution in [3.05, 3.63) is 82.7 Å². The number of hydrogen-bond donors (Lipinski definition) is 1. The van der Waals surface area contributed by atoms with Crippen LogP contribution in [0.4, 0.5) is 30.7 Å². The summed E-state index contributed by atoms with van der Waals surface area (Å²) in [6.07, 6.45) is -8.88. The molecule has 1 saturated heterocycles. The molecule has 0 aromatic heterocycles. The minimum Gasteiger partial charge on any atom is -0.481 e. The fourth-order valence-corrected chi connectivity index (χ4v) is 4.48. The van der Waals surface area contributed by atoms with Crippen LogP contribution in [0, 0.1) is 23.6 Å². The Hall–Kier alpha value is -3.32. The van der Waals surface area contributed by atoms with E-state index in [0.29, 0.717) is 23.6 Å². The summed E-state index contributed by atoms with van der Waals surface area (Å²) in [5, 5.41) is 9.26. The highest BCUT2D eigenvalue weighted by atomic mass is 19.4. The van der Waals surface area contributed by atoms with E-state index in [9.17, 15) is 36.2 Å². The second-order valence-corrected chi connectivity index (χ2v) is 9.05. The SMILES string of the molecule is C=C(C)C#C[C@@H](c1ccc(C(F)(F)F)cc1F)N1CC[C@H](CC(=O)O)C[C@@H]1c1ccc(C(F)(F)F)cc1. The number of benzene rings is 2. The van der Waals surface area contributed by atoms with E-state index in [2.05, 4.69) is 18.4 Å². The molecule has 37 heavy (non-hydrogen) atoms. The number of carbonyl (C=O) groups is 1. The zero-order chi connectivity index (χ0) is 27.5. The van der Waals surface area contributed by atoms with Gasteiger partial charge in [-0.05, 0) is 61.1 Å². The Morgan fingerprint density at radius 1 is 1.08 bits per heavy atom. The molecule has 1 aliphatic heterocycles. The van der Waals surface area contributed by atoms with E-state index >= 15 is 4.39 Å². The number of alkyl halides is 6. The van der Waals surface area contributed by atoms with Crippen molar-refractivity contribution in [2.45, 2.75) is 50.6 Å². The average Bonchev–Trinajstić information content (AvgIpc) is 2.79. The molecule has 0 bridgehead atoms. The largest absolute Gasteiger partial charge is 0.481 e. The summed E-state index contributed by atoms with van der Waals surface area (Å²) in [7, 11) is 0. The van der Waals surface area contributed by atoms with Crippen LogP contribution in [-0.2, 0) is 17.1 Å². The van der Waals surface area contributed by atoms with Crippen molar-refractivity contribution in [1.29, 1.82) is 0 Å². The van der Waals surface area contributed by atoms with Gasteiger partial charge in [-0.15, -0.1) is 0 Å². The van der Waals surface area contributed by atoms with Crippen LogP contribution in [0.1, 0.15) is 60.5 Å². The van der Waals surface area contributed by atoms with E-state index in [1.54, 1.807) is 11.8 Å². The lowest BCUT2D eigenvalue weighted by molar-refractivity contribution is -0.139. The molecule has 0 radical (unpaired) electrons. The van der Waals surface area contributed by atoms with Crippen molar-refractivity contribution in [2.24, 2.45) is 5.92 Å². The Bertz CT molecular complexity index is 1210. The van der Waals surface area contributed by atoms with Gasteiger partial charge in [-0.3, -0.25) is 9.69 Å². The lowest BCUT2D eigenvalue weighted by atomic mass is 9.83. The lowest BCUT2D eigenvalue weighted by Gasteiger charge is -2.42. The van der Waals surface area contributed by atoms with Crippen LogP contribution >= 0.6 is 0 Å². The van der Waals surface area contributed by atoms with Crippen LogP contribution in [0.3, 0.4) is 0 Å². The van der Waals surface area contributed by atoms with Crippen LogP contribution in [0.2, 0.25) is 0 Å². The van der Waals surface area contributed by atoms with Gasteiger partial charge >= 0.3 is 18.3 Å². The molecule has 3 nitrogen and oxygen atoms in total. The smallest absolute Gasteiger partial charge is 0.416 e. The van der Waals surface area contributed by atoms with Crippen molar-refractivity contribution in [3.8, 4) is 11.8 Å². The van der Waals surface area contributed by atoms with Crippen molar-refractivity contribution in [2.75, 3.05) is 6.54 Å². The van der Waals surface area contributed by atoms with Gasteiger partial charge in [0, 0.05) is 24.6 Å². The minimum absolute atomic E-state index is 0.129. The maximum Gasteiger partial charge on any atom is 0.416 e. The zero-order valence-electron chi connectivity index (χ0n) is 19.8. The Morgan fingerprint density at radius 2 is 1.68 bits per heavy atom. The average molecular weight is 527 g/mol. The molecule has 2 aromatic carbocycles. The number of carboxylic acid groups (broad SMARTS) is 1. The van der Waals surface area contributed by atoms with Crippen LogP contribution in [0.5, 0.6) is 0 Å². The van der Waals surface area contributed by atoms with Gasteiger partial charge in [0.1, 0.15) is 11.9 Å². The Labute approximate surface area is 209 Å². The molecule has 3 atom stereocenters. The predicted octanol–water partition coefficient (Wildman–Crippen LogP) is 7.41. The van der Waals surface area contributed by atoms with E-state index < -0.39 is 47.3 Å². The molecule has 1 aliphatic rings. The number of carboxylic acids is 1. The third kappa shape index (κ3) is 7.13. The summed E-state index contributed by atoms with van der Waals surface area (Å²) in [6.45, 7) is 5.47. The molecule has 1 fully saturated rings. The first-order valence-electron chi connectivity index (χ1n) is 11.3. The van der Waals surface area contributed by atoms with Gasteiger partial charge in [0.15, 0.2) is 0 Å². The third-order valence-corrected chi connectivity index (χ3v) is 6.21. The number of hydrogen-bond acceptors (Lipinski definition) is 2. The summed E-state index contributed by atoms with van der Waals surface area (Å²) in [5.74, 6) is 3.12. The Morgan fingerprint density at radius 3 is 2.19 bits per heavy atom. The van der Waals surface area contributed by atoms with Gasteiger partial charge in [0.25, 0.3) is 0 Å². The highest BCUT2D eigenvalue weighted by molar-refractivity contribution is 5.67. The molecule has 2 aromatic rings. The number of piperidine rings is 1. The first kappa shape index (κ1) is 28.3. The van der Waals surface area contributed by atoms with E-state index in [0.717, 1.165) is 24.3 Å².